The van der Waals surface area contributed by atoms with Crippen molar-refractivity contribution < 1.29 is 14.3 Å². The van der Waals surface area contributed by atoms with Crippen molar-refractivity contribution in [3.05, 3.63) is 46.0 Å². The van der Waals surface area contributed by atoms with Crippen LogP contribution in [0.2, 0.25) is 5.02 Å². The topological polar surface area (TPSA) is 55.1 Å². The molecule has 6 heteroatoms. The Morgan fingerprint density at radius 3 is 2.65 bits per heavy atom. The summed E-state index contributed by atoms with van der Waals surface area (Å²) in [5.41, 5.74) is 1.84. The third kappa shape index (κ3) is 2.29. The second-order valence-corrected chi connectivity index (χ2v) is 5.03. The van der Waals surface area contributed by atoms with Crippen molar-refractivity contribution >= 4 is 17.6 Å². The molecule has 1 N–H and O–H groups in total. The van der Waals surface area contributed by atoms with E-state index in [1.165, 1.54) is 16.8 Å². The van der Waals surface area contributed by atoms with Crippen molar-refractivity contribution in [2.75, 3.05) is 0 Å². The van der Waals surface area contributed by atoms with Gasteiger partial charge in [-0.1, -0.05) is 17.7 Å². The zero-order chi connectivity index (χ0) is 15.0. The van der Waals surface area contributed by atoms with Crippen molar-refractivity contribution in [1.29, 1.82) is 0 Å². The Balaban J connectivity index is 2.67. The molecule has 1 aromatic heterocycles. The van der Waals surface area contributed by atoms with E-state index in [2.05, 4.69) is 5.10 Å². The van der Waals surface area contributed by atoms with Gasteiger partial charge >= 0.3 is 5.97 Å². The highest BCUT2D eigenvalue weighted by atomic mass is 35.5. The van der Waals surface area contributed by atoms with Gasteiger partial charge < -0.3 is 5.11 Å². The van der Waals surface area contributed by atoms with E-state index >= 15 is 0 Å². The fourth-order valence-corrected chi connectivity index (χ4v) is 2.56. The molecule has 0 bridgehead atoms. The van der Waals surface area contributed by atoms with E-state index in [1.807, 2.05) is 0 Å². The highest BCUT2D eigenvalue weighted by molar-refractivity contribution is 6.32. The number of hydrogen-bond donors (Lipinski definition) is 1. The first-order valence-corrected chi connectivity index (χ1v) is 6.45. The Kier molecular flexibility index (Phi) is 3.81. The van der Waals surface area contributed by atoms with Gasteiger partial charge in [-0.3, -0.25) is 4.79 Å². The van der Waals surface area contributed by atoms with Gasteiger partial charge in [0.1, 0.15) is 11.5 Å². The van der Waals surface area contributed by atoms with E-state index in [-0.39, 0.29) is 10.7 Å². The van der Waals surface area contributed by atoms with E-state index in [0.717, 1.165) is 0 Å². The average molecular weight is 297 g/mol. The monoisotopic (exact) mass is 296 g/mol. The molecule has 0 spiro atoms. The normalized spacial score (nSPS) is 12.4. The quantitative estimate of drug-likeness (QED) is 0.943. The third-order valence-electron chi connectivity index (χ3n) is 3.30. The first kappa shape index (κ1) is 14.5. The minimum Gasteiger partial charge on any atom is -0.481 e. The summed E-state index contributed by atoms with van der Waals surface area (Å²) in [6.45, 7) is 4.98. The van der Waals surface area contributed by atoms with Crippen LogP contribution in [0.5, 0.6) is 0 Å². The maximum Gasteiger partial charge on any atom is 0.310 e. The zero-order valence-corrected chi connectivity index (χ0v) is 12.1. The molecule has 1 atom stereocenters. The number of carboxylic acid groups (broad SMARTS) is 1. The predicted molar refractivity (Wildman–Crippen MR) is 74.1 cm³/mol. The summed E-state index contributed by atoms with van der Waals surface area (Å²) in [5, 5.41) is 13.6. The maximum absolute atomic E-state index is 14.0. The largest absolute Gasteiger partial charge is 0.481 e. The van der Waals surface area contributed by atoms with Gasteiger partial charge in [0.05, 0.1) is 16.6 Å². The number of aliphatic carboxylic acids is 1. The zero-order valence-electron chi connectivity index (χ0n) is 11.3. The summed E-state index contributed by atoms with van der Waals surface area (Å²) in [6.07, 6.45) is 0. The summed E-state index contributed by atoms with van der Waals surface area (Å²) in [5.74, 6) is -2.16. The average Bonchev–Trinajstić information content (AvgIpc) is 2.64. The molecule has 0 amide bonds. The molecule has 1 heterocycles. The smallest absolute Gasteiger partial charge is 0.310 e. The minimum atomic E-state index is -0.949. The number of carbonyl (C=O) groups is 1. The molecule has 20 heavy (non-hydrogen) atoms. The lowest BCUT2D eigenvalue weighted by molar-refractivity contribution is -0.138. The highest BCUT2D eigenvalue weighted by Gasteiger charge is 2.24. The number of aryl methyl sites for hydroxylation is 1. The lowest BCUT2D eigenvalue weighted by Gasteiger charge is -2.10. The number of hydrogen-bond acceptors (Lipinski definition) is 2. The molecular formula is C14H14ClFN2O2. The third-order valence-corrected chi connectivity index (χ3v) is 3.61. The van der Waals surface area contributed by atoms with Gasteiger partial charge in [0, 0.05) is 11.3 Å². The van der Waals surface area contributed by atoms with Crippen LogP contribution in [0.25, 0.3) is 5.69 Å². The number of rotatable bonds is 3. The number of nitrogens with zero attached hydrogens (tertiary/aromatic N) is 2. The molecule has 0 saturated heterocycles. The van der Waals surface area contributed by atoms with Gasteiger partial charge in [0.25, 0.3) is 0 Å². The van der Waals surface area contributed by atoms with E-state index in [9.17, 15) is 9.18 Å². The molecule has 0 saturated carbocycles. The van der Waals surface area contributed by atoms with E-state index in [0.29, 0.717) is 17.0 Å². The van der Waals surface area contributed by atoms with Gasteiger partial charge in [-0.2, -0.15) is 5.10 Å². The second kappa shape index (κ2) is 5.25. The van der Waals surface area contributed by atoms with Crippen LogP contribution in [0.15, 0.2) is 18.2 Å². The van der Waals surface area contributed by atoms with Crippen molar-refractivity contribution in [1.82, 2.24) is 9.78 Å². The molecule has 0 aliphatic heterocycles. The van der Waals surface area contributed by atoms with Crippen LogP contribution in [-0.2, 0) is 4.79 Å². The number of aromatic nitrogens is 2. The number of para-hydroxylation sites is 1. The number of carboxylic acids is 1. The Bertz CT molecular complexity index is 662. The molecule has 2 rings (SSSR count). The van der Waals surface area contributed by atoms with Crippen LogP contribution in [0, 0.1) is 19.7 Å². The maximum atomic E-state index is 14.0. The lowest BCUT2D eigenvalue weighted by Crippen LogP contribution is -2.10. The van der Waals surface area contributed by atoms with Crippen LogP contribution < -0.4 is 0 Å². The summed E-state index contributed by atoms with van der Waals surface area (Å²) < 4.78 is 15.3. The summed E-state index contributed by atoms with van der Waals surface area (Å²) in [4.78, 5) is 11.1. The SMILES string of the molecule is Cc1nn(-c2c(F)cccc2Cl)c(C)c1C(C)C(=O)O. The number of halogens is 2. The van der Waals surface area contributed by atoms with Gasteiger partial charge in [0.2, 0.25) is 0 Å². The van der Waals surface area contributed by atoms with Crippen LogP contribution >= 0.6 is 11.6 Å². The second-order valence-electron chi connectivity index (χ2n) is 4.63. The van der Waals surface area contributed by atoms with Crippen molar-refractivity contribution in [3.63, 3.8) is 0 Å². The van der Waals surface area contributed by atoms with Gasteiger partial charge in [-0.05, 0) is 32.9 Å². The van der Waals surface area contributed by atoms with Crippen LogP contribution in [0.1, 0.15) is 29.8 Å². The molecule has 0 radical (unpaired) electrons. The molecule has 1 aromatic carbocycles. The summed E-state index contributed by atoms with van der Waals surface area (Å²) in [7, 11) is 0. The molecule has 4 nitrogen and oxygen atoms in total. The Hall–Kier alpha value is -1.88. The lowest BCUT2D eigenvalue weighted by atomic mass is 9.99. The number of benzene rings is 1. The van der Waals surface area contributed by atoms with Crippen LogP contribution in [0.4, 0.5) is 4.39 Å². The summed E-state index contributed by atoms with van der Waals surface area (Å²) >= 11 is 6.02. The molecule has 0 fully saturated rings. The molecule has 2 aromatic rings. The van der Waals surface area contributed by atoms with Gasteiger partial charge in [-0.25, -0.2) is 9.07 Å². The molecule has 106 valence electrons. The van der Waals surface area contributed by atoms with Gasteiger partial charge in [0.15, 0.2) is 0 Å². The molecule has 1 unspecified atom stereocenters. The fraction of sp³-hybridized carbons (Fsp3) is 0.286. The standard InChI is InChI=1S/C14H14ClFN2O2/c1-7(14(19)20)12-8(2)17-18(9(12)3)13-10(15)5-4-6-11(13)16/h4-7H,1-3H3,(H,19,20). The molecular weight excluding hydrogens is 283 g/mol. The van der Waals surface area contributed by atoms with Crippen molar-refractivity contribution in [2.24, 2.45) is 0 Å². The van der Waals surface area contributed by atoms with Gasteiger partial charge in [-0.15, -0.1) is 0 Å². The molecule has 0 aliphatic carbocycles. The van der Waals surface area contributed by atoms with Crippen molar-refractivity contribution in [2.45, 2.75) is 26.7 Å². The Labute approximate surface area is 120 Å². The molecule has 0 aliphatic rings. The highest BCUT2D eigenvalue weighted by Crippen LogP contribution is 2.29. The van der Waals surface area contributed by atoms with Crippen molar-refractivity contribution in [3.8, 4) is 5.69 Å². The van der Waals surface area contributed by atoms with E-state index in [4.69, 9.17) is 16.7 Å². The summed E-state index contributed by atoms with van der Waals surface area (Å²) in [6, 6.07) is 4.36. The Morgan fingerprint density at radius 1 is 1.45 bits per heavy atom. The fourth-order valence-electron chi connectivity index (χ4n) is 2.31. The first-order chi connectivity index (χ1) is 9.34. The van der Waals surface area contributed by atoms with Crippen LogP contribution in [-0.4, -0.2) is 20.9 Å². The van der Waals surface area contributed by atoms with E-state index < -0.39 is 17.7 Å². The minimum absolute atomic E-state index is 0.138. The first-order valence-electron chi connectivity index (χ1n) is 6.08. The predicted octanol–water partition coefficient (Wildman–Crippen LogP) is 3.47. The van der Waals surface area contributed by atoms with E-state index in [1.54, 1.807) is 26.8 Å². The van der Waals surface area contributed by atoms with Crippen LogP contribution in [0.3, 0.4) is 0 Å². The Morgan fingerprint density at radius 2 is 2.10 bits per heavy atom.